The molecule has 3 aromatic rings. The van der Waals surface area contributed by atoms with Crippen LogP contribution in [0.5, 0.6) is 5.88 Å². The number of allylic oxidation sites excluding steroid dienone is 10. The smallest absolute Gasteiger partial charge is 0.307 e. The van der Waals surface area contributed by atoms with Crippen molar-refractivity contribution in [1.29, 1.82) is 0 Å². The minimum Gasteiger partial charge on any atom is -0.478 e. The van der Waals surface area contributed by atoms with Gasteiger partial charge in [-0.25, -0.2) is 0 Å². The van der Waals surface area contributed by atoms with Gasteiger partial charge in [-0.3, -0.25) is 14.6 Å². The first kappa shape index (κ1) is 43.5. The molecule has 0 bridgehead atoms. The van der Waals surface area contributed by atoms with Gasteiger partial charge in [0, 0.05) is 49.7 Å². The molecule has 3 heterocycles. The fraction of sp³-hybridized carbons (Fsp3) is 0.469. The van der Waals surface area contributed by atoms with E-state index in [2.05, 4.69) is 120 Å². The van der Waals surface area contributed by atoms with Crippen molar-refractivity contribution in [2.24, 2.45) is 0 Å². The summed E-state index contributed by atoms with van der Waals surface area (Å²) >= 11 is 0. The molecule has 57 heavy (non-hydrogen) atoms. The molecule has 0 spiro atoms. The molecular formula is C49H66N4O4. The van der Waals surface area contributed by atoms with Crippen molar-refractivity contribution in [2.75, 3.05) is 55.9 Å². The van der Waals surface area contributed by atoms with Crippen molar-refractivity contribution >= 4 is 28.2 Å². The summed E-state index contributed by atoms with van der Waals surface area (Å²) < 4.78 is 11.7. The number of aromatic nitrogens is 1. The van der Waals surface area contributed by atoms with E-state index in [0.29, 0.717) is 31.1 Å². The molecule has 2 aromatic carbocycles. The summed E-state index contributed by atoms with van der Waals surface area (Å²) in [5.74, 6) is 0.933. The number of hydrogen-bond acceptors (Lipinski definition) is 8. The van der Waals surface area contributed by atoms with Gasteiger partial charge in [-0.1, -0.05) is 111 Å². The lowest BCUT2D eigenvalue weighted by Crippen LogP contribution is -2.46. The minimum atomic E-state index is -0.752. The molecule has 1 fully saturated rings. The quantitative estimate of drug-likeness (QED) is 0.0548. The molecule has 0 amide bonds. The highest BCUT2D eigenvalue weighted by atomic mass is 16.5. The van der Waals surface area contributed by atoms with Crippen LogP contribution in [0, 0.1) is 0 Å². The van der Waals surface area contributed by atoms with Crippen LogP contribution >= 0.6 is 0 Å². The highest BCUT2D eigenvalue weighted by Gasteiger charge is 2.27. The first-order chi connectivity index (χ1) is 28.1. The van der Waals surface area contributed by atoms with E-state index in [1.54, 1.807) is 4.90 Å². The lowest BCUT2D eigenvalue weighted by molar-refractivity contribution is -0.144. The van der Waals surface area contributed by atoms with Crippen molar-refractivity contribution in [1.82, 2.24) is 9.88 Å². The molecular weight excluding hydrogens is 709 g/mol. The Balaban J connectivity index is 0.906. The van der Waals surface area contributed by atoms with Crippen LogP contribution in [0.25, 0.3) is 10.8 Å². The maximum Gasteiger partial charge on any atom is 0.307 e. The van der Waals surface area contributed by atoms with Gasteiger partial charge in [-0.2, -0.15) is 4.98 Å². The number of piperazine rings is 1. The van der Waals surface area contributed by atoms with Crippen LogP contribution in [0.3, 0.4) is 0 Å². The molecule has 0 aliphatic carbocycles. The molecule has 0 radical (unpaired) electrons. The minimum absolute atomic E-state index is 0.0166. The Morgan fingerprint density at radius 3 is 2.23 bits per heavy atom. The molecule has 1 saturated heterocycles. The van der Waals surface area contributed by atoms with Gasteiger partial charge in [0.05, 0.1) is 6.61 Å². The monoisotopic (exact) mass is 775 g/mol. The summed E-state index contributed by atoms with van der Waals surface area (Å²) in [6, 6.07) is 19.2. The molecule has 1 aromatic heterocycles. The van der Waals surface area contributed by atoms with Crippen molar-refractivity contribution in [2.45, 2.75) is 103 Å². The first-order valence-corrected chi connectivity index (χ1v) is 21.6. The predicted octanol–water partition coefficient (Wildman–Crippen LogP) is 10.5. The number of nitrogens with zero attached hydrogens (tertiary/aromatic N) is 4. The second kappa shape index (κ2) is 25.6. The van der Waals surface area contributed by atoms with Gasteiger partial charge in [-0.05, 0) is 107 Å². The Hall–Kier alpha value is -4.66. The maximum absolute atomic E-state index is 12.6. The molecule has 5 rings (SSSR count). The van der Waals surface area contributed by atoms with Crippen LogP contribution in [-0.4, -0.2) is 73.2 Å². The van der Waals surface area contributed by atoms with Gasteiger partial charge < -0.3 is 19.5 Å². The highest BCUT2D eigenvalue weighted by molar-refractivity contribution is 5.94. The molecule has 2 aliphatic heterocycles. The summed E-state index contributed by atoms with van der Waals surface area (Å²) in [6.45, 7) is 7.97. The van der Waals surface area contributed by atoms with Crippen LogP contribution in [0.1, 0.15) is 96.0 Å². The first-order valence-electron chi connectivity index (χ1n) is 21.6. The number of aliphatic hydroxyl groups excluding tert-OH is 1. The SMILES string of the molecule is CC/C=C\C/C=C\C/C=C\C/C=C\C/C=C\CCCCCC(=O)OCN1c2nc(OCCCCN3CCN(c4cccc5ccccc45)CC3)ccc2CCC1O. The van der Waals surface area contributed by atoms with Crippen LogP contribution in [-0.2, 0) is 16.0 Å². The van der Waals surface area contributed by atoms with E-state index < -0.39 is 6.23 Å². The molecule has 8 nitrogen and oxygen atoms in total. The van der Waals surface area contributed by atoms with E-state index >= 15 is 0 Å². The van der Waals surface area contributed by atoms with Crippen molar-refractivity contribution < 1.29 is 19.4 Å². The van der Waals surface area contributed by atoms with E-state index in [1.165, 1.54) is 16.5 Å². The van der Waals surface area contributed by atoms with E-state index in [0.717, 1.165) is 115 Å². The Labute approximate surface area is 342 Å². The highest BCUT2D eigenvalue weighted by Crippen LogP contribution is 2.31. The van der Waals surface area contributed by atoms with Crippen molar-refractivity contribution in [3.8, 4) is 5.88 Å². The van der Waals surface area contributed by atoms with Gasteiger partial charge >= 0.3 is 5.97 Å². The molecule has 306 valence electrons. The number of aryl methyl sites for hydroxylation is 1. The summed E-state index contributed by atoms with van der Waals surface area (Å²) in [4.78, 5) is 24.1. The normalized spacial score (nSPS) is 16.6. The number of aliphatic hydroxyl groups is 1. The number of benzene rings is 2. The second-order valence-corrected chi connectivity index (χ2v) is 15.0. The summed E-state index contributed by atoms with van der Waals surface area (Å²) in [5, 5.41) is 13.4. The zero-order chi connectivity index (χ0) is 39.8. The van der Waals surface area contributed by atoms with Gasteiger partial charge in [0.15, 0.2) is 6.73 Å². The van der Waals surface area contributed by atoms with Crippen LogP contribution in [0.4, 0.5) is 11.5 Å². The number of rotatable bonds is 24. The Morgan fingerprint density at radius 1 is 0.772 bits per heavy atom. The number of unbranched alkanes of at least 4 members (excludes halogenated alkanes) is 4. The maximum atomic E-state index is 12.6. The average molecular weight is 775 g/mol. The predicted molar refractivity (Wildman–Crippen MR) is 237 cm³/mol. The summed E-state index contributed by atoms with van der Waals surface area (Å²) in [7, 11) is 0. The third-order valence-electron chi connectivity index (χ3n) is 10.6. The van der Waals surface area contributed by atoms with E-state index in [1.807, 2.05) is 12.1 Å². The lowest BCUT2D eigenvalue weighted by Gasteiger charge is -2.36. The summed E-state index contributed by atoms with van der Waals surface area (Å²) in [6.07, 6.45) is 33.9. The number of fused-ring (bicyclic) bond motifs is 2. The van der Waals surface area contributed by atoms with Gasteiger partial charge in [-0.15, -0.1) is 0 Å². The van der Waals surface area contributed by atoms with Crippen LogP contribution in [0.2, 0.25) is 0 Å². The van der Waals surface area contributed by atoms with Crippen molar-refractivity contribution in [3.63, 3.8) is 0 Å². The zero-order valence-corrected chi connectivity index (χ0v) is 34.4. The summed E-state index contributed by atoms with van der Waals surface area (Å²) in [5.41, 5.74) is 2.36. The largest absolute Gasteiger partial charge is 0.478 e. The van der Waals surface area contributed by atoms with E-state index in [-0.39, 0.29) is 12.7 Å². The van der Waals surface area contributed by atoms with Gasteiger partial charge in [0.25, 0.3) is 0 Å². The number of hydrogen-bond donors (Lipinski definition) is 1. The molecule has 8 heteroatoms. The van der Waals surface area contributed by atoms with E-state index in [9.17, 15) is 9.90 Å². The Kier molecular flexibility index (Phi) is 19.5. The average Bonchev–Trinajstić information content (AvgIpc) is 3.24. The van der Waals surface area contributed by atoms with Gasteiger partial charge in [0.2, 0.25) is 5.88 Å². The number of pyridine rings is 1. The topological polar surface area (TPSA) is 78.4 Å². The van der Waals surface area contributed by atoms with Crippen LogP contribution in [0.15, 0.2) is 115 Å². The standard InChI is InChI=1S/C49H66N4O4/c1-2-3-4-5-6-7-8-9-10-11-12-13-14-15-16-17-18-19-20-30-48(55)57-41-53-47(54)34-32-43-31-33-46(50-49(43)53)56-40-24-23-35-51-36-38-52(39-37-51)45-29-25-27-42-26-21-22-28-44(42)45/h3-4,6-7,9-10,12-13,15-16,21-22,25-29,31,33,47,54H,2,5,8,11,14,17-20,23-24,30,32,34-41H2,1H3/b4-3-,7-6-,10-9-,13-12-,16-15-. The van der Waals surface area contributed by atoms with Crippen LogP contribution < -0.4 is 14.5 Å². The fourth-order valence-electron chi connectivity index (χ4n) is 7.31. The second-order valence-electron chi connectivity index (χ2n) is 15.0. The number of carbonyl (C=O) groups excluding carboxylic acids is 1. The van der Waals surface area contributed by atoms with Gasteiger partial charge in [0.1, 0.15) is 12.0 Å². The Morgan fingerprint density at radius 2 is 1.47 bits per heavy atom. The molecule has 2 aliphatic rings. The third-order valence-corrected chi connectivity index (χ3v) is 10.6. The van der Waals surface area contributed by atoms with E-state index in [4.69, 9.17) is 14.5 Å². The number of carbonyl (C=O) groups is 1. The fourth-order valence-corrected chi connectivity index (χ4v) is 7.31. The van der Waals surface area contributed by atoms with Crippen molar-refractivity contribution in [3.05, 3.63) is 121 Å². The zero-order valence-electron chi connectivity index (χ0n) is 34.4. The molecule has 1 atom stereocenters. The molecule has 1 unspecified atom stereocenters. The third kappa shape index (κ3) is 15.3. The Bertz CT molecular complexity index is 1770. The number of anilines is 2. The molecule has 1 N–H and O–H groups in total. The number of esters is 1. The molecule has 0 saturated carbocycles. The lowest BCUT2D eigenvalue weighted by atomic mass is 10.1. The number of ether oxygens (including phenoxy) is 2.